The lowest BCUT2D eigenvalue weighted by Gasteiger charge is -2.14. The van der Waals surface area contributed by atoms with Crippen LogP contribution in [0.25, 0.3) is 98.7 Å². The van der Waals surface area contributed by atoms with Crippen molar-refractivity contribution in [2.75, 3.05) is 0 Å². The largest absolute Gasteiger partial charge is 0.456 e. The Bertz CT molecular complexity index is 2830. The minimum absolute atomic E-state index is 0.879. The molecule has 0 atom stereocenters. The van der Waals surface area contributed by atoms with Crippen LogP contribution in [0.3, 0.4) is 0 Å². The molecule has 10 rings (SSSR count). The zero-order valence-corrected chi connectivity index (χ0v) is 24.0. The first kappa shape index (κ1) is 24.3. The molecule has 0 unspecified atom stereocenters. The predicted octanol–water partition coefficient (Wildman–Crippen LogP) is 10.9. The van der Waals surface area contributed by atoms with Gasteiger partial charge in [-0.15, -0.1) is 0 Å². The summed E-state index contributed by atoms with van der Waals surface area (Å²) >= 11 is 0. The Morgan fingerprint density at radius 1 is 0.422 bits per heavy atom. The van der Waals surface area contributed by atoms with Crippen LogP contribution in [0.15, 0.2) is 144 Å². The summed E-state index contributed by atoms with van der Waals surface area (Å²) in [6.45, 7) is 0. The number of nitrogens with zero attached hydrogens (tertiary/aromatic N) is 3. The lowest BCUT2D eigenvalue weighted by molar-refractivity contribution is 0.669. The van der Waals surface area contributed by atoms with Gasteiger partial charge in [0.2, 0.25) is 0 Å². The first-order valence-electron chi connectivity index (χ1n) is 15.1. The van der Waals surface area contributed by atoms with Gasteiger partial charge in [0.25, 0.3) is 0 Å². The lowest BCUT2D eigenvalue weighted by atomic mass is 9.93. The Balaban J connectivity index is 1.24. The zero-order chi connectivity index (χ0) is 29.5. The molecule has 0 aliphatic rings. The average molecular weight is 574 g/mol. The van der Waals surface area contributed by atoms with Crippen molar-refractivity contribution in [2.45, 2.75) is 0 Å². The highest BCUT2D eigenvalue weighted by Gasteiger charge is 2.18. The van der Waals surface area contributed by atoms with Gasteiger partial charge >= 0.3 is 0 Å². The molecule has 10 aromatic rings. The van der Waals surface area contributed by atoms with Gasteiger partial charge in [-0.1, -0.05) is 103 Å². The van der Waals surface area contributed by atoms with Crippen LogP contribution in [0.5, 0.6) is 0 Å². The molecule has 0 amide bonds. The maximum atomic E-state index is 6.25. The highest BCUT2D eigenvalue weighted by atomic mass is 16.3. The van der Waals surface area contributed by atoms with Crippen molar-refractivity contribution >= 4 is 76.2 Å². The van der Waals surface area contributed by atoms with Crippen molar-refractivity contribution in [1.29, 1.82) is 0 Å². The number of hydrogen-bond donors (Lipinski definition) is 0. The Morgan fingerprint density at radius 2 is 1.13 bits per heavy atom. The highest BCUT2D eigenvalue weighted by molar-refractivity contribution is 6.27. The number of fused-ring (bicyclic) bond motifs is 11. The van der Waals surface area contributed by atoms with Gasteiger partial charge in [0.05, 0.1) is 27.9 Å². The van der Waals surface area contributed by atoms with E-state index < -0.39 is 0 Å². The quantitative estimate of drug-likeness (QED) is 0.193. The SMILES string of the molecule is c1cnc2c(c1)ccc1ccc(-c3cccc4c(-c5nc6ccc7oc8ccccc8c7c6c6ccccc56)cccc34)nc12. The Kier molecular flexibility index (Phi) is 4.96. The standard InChI is InChI=1S/C41H23N3O/c1-2-10-31-29(9-1)37-34(21-22-36-38(37)32-11-3-4-16-35(32)45-36)44-41(31)30-15-6-12-26-27(30)13-5-14-28(26)33-20-19-25-18-17-24-8-7-23-42-39(24)40(25)43-33/h1-23H. The molecule has 0 aliphatic carbocycles. The van der Waals surface area contributed by atoms with E-state index in [0.29, 0.717) is 0 Å². The van der Waals surface area contributed by atoms with Gasteiger partial charge in [-0.3, -0.25) is 4.98 Å². The van der Waals surface area contributed by atoms with E-state index in [-0.39, 0.29) is 0 Å². The normalized spacial score (nSPS) is 12.0. The van der Waals surface area contributed by atoms with E-state index in [1.807, 2.05) is 30.5 Å². The van der Waals surface area contributed by atoms with E-state index in [1.54, 1.807) is 0 Å². The summed E-state index contributed by atoms with van der Waals surface area (Å²) < 4.78 is 6.25. The Morgan fingerprint density at radius 3 is 2.02 bits per heavy atom. The molecule has 4 heteroatoms. The second-order valence-corrected chi connectivity index (χ2v) is 11.6. The molecule has 0 saturated carbocycles. The minimum atomic E-state index is 0.879. The van der Waals surface area contributed by atoms with Crippen molar-refractivity contribution in [1.82, 2.24) is 15.0 Å². The molecule has 0 fully saturated rings. The molecule has 0 bridgehead atoms. The maximum Gasteiger partial charge on any atom is 0.136 e. The Labute approximate surface area is 257 Å². The Hall–Kier alpha value is -6.13. The van der Waals surface area contributed by atoms with Crippen molar-refractivity contribution in [3.63, 3.8) is 0 Å². The van der Waals surface area contributed by atoms with Gasteiger partial charge in [-0.05, 0) is 46.5 Å². The van der Waals surface area contributed by atoms with Crippen LogP contribution in [-0.4, -0.2) is 15.0 Å². The molecular formula is C41H23N3O. The van der Waals surface area contributed by atoms with Crippen LogP contribution in [0.4, 0.5) is 0 Å². The fourth-order valence-corrected chi connectivity index (χ4v) is 7.08. The molecule has 0 radical (unpaired) electrons. The number of hydrogen-bond acceptors (Lipinski definition) is 4. The highest BCUT2D eigenvalue weighted by Crippen LogP contribution is 2.42. The maximum absolute atomic E-state index is 6.25. The van der Waals surface area contributed by atoms with Gasteiger partial charge < -0.3 is 4.42 Å². The molecule has 0 N–H and O–H groups in total. The zero-order valence-electron chi connectivity index (χ0n) is 24.0. The fourth-order valence-electron chi connectivity index (χ4n) is 7.08. The molecule has 0 aliphatic heterocycles. The van der Waals surface area contributed by atoms with Crippen LogP contribution in [0.2, 0.25) is 0 Å². The van der Waals surface area contributed by atoms with Crippen LogP contribution >= 0.6 is 0 Å². The smallest absolute Gasteiger partial charge is 0.136 e. The number of para-hydroxylation sites is 1. The van der Waals surface area contributed by atoms with E-state index >= 15 is 0 Å². The van der Waals surface area contributed by atoms with Gasteiger partial charge in [-0.2, -0.15) is 0 Å². The molecule has 4 aromatic heterocycles. The number of furan rings is 1. The van der Waals surface area contributed by atoms with Crippen molar-refractivity contribution in [3.8, 4) is 22.5 Å². The average Bonchev–Trinajstić information content (AvgIpc) is 3.49. The third-order valence-electron chi connectivity index (χ3n) is 9.09. The summed E-state index contributed by atoms with van der Waals surface area (Å²) in [5.74, 6) is 0. The van der Waals surface area contributed by atoms with Crippen LogP contribution in [0, 0.1) is 0 Å². The van der Waals surface area contributed by atoms with Crippen LogP contribution in [-0.2, 0) is 0 Å². The summed E-state index contributed by atoms with van der Waals surface area (Å²) in [5, 5.41) is 10.1. The first-order valence-corrected chi connectivity index (χ1v) is 15.1. The molecule has 0 spiro atoms. The van der Waals surface area contributed by atoms with E-state index in [0.717, 1.165) is 93.3 Å². The fraction of sp³-hybridized carbons (Fsp3) is 0. The molecular weight excluding hydrogens is 550 g/mol. The molecule has 6 aromatic carbocycles. The summed E-state index contributed by atoms with van der Waals surface area (Å²) in [5.41, 5.74) is 8.63. The molecule has 45 heavy (non-hydrogen) atoms. The monoisotopic (exact) mass is 573 g/mol. The van der Waals surface area contributed by atoms with Gasteiger partial charge in [0.15, 0.2) is 0 Å². The molecule has 208 valence electrons. The minimum Gasteiger partial charge on any atom is -0.456 e. The number of rotatable bonds is 2. The summed E-state index contributed by atoms with van der Waals surface area (Å²) in [6, 6.07) is 46.5. The van der Waals surface area contributed by atoms with E-state index in [9.17, 15) is 0 Å². The third kappa shape index (κ3) is 3.51. The molecule has 4 nitrogen and oxygen atoms in total. The first-order chi connectivity index (χ1) is 22.3. The van der Waals surface area contributed by atoms with E-state index in [1.165, 1.54) is 5.39 Å². The van der Waals surface area contributed by atoms with Crippen LogP contribution in [0.1, 0.15) is 0 Å². The van der Waals surface area contributed by atoms with Gasteiger partial charge in [0.1, 0.15) is 11.2 Å². The third-order valence-corrected chi connectivity index (χ3v) is 9.09. The summed E-state index contributed by atoms with van der Waals surface area (Å²) in [6.07, 6.45) is 1.83. The molecule has 4 heterocycles. The number of benzene rings is 6. The van der Waals surface area contributed by atoms with Crippen molar-refractivity contribution < 1.29 is 4.42 Å². The van der Waals surface area contributed by atoms with E-state index in [4.69, 9.17) is 14.4 Å². The number of pyridine rings is 3. The second kappa shape index (κ2) is 9.18. The van der Waals surface area contributed by atoms with Gasteiger partial charge in [-0.25, -0.2) is 9.97 Å². The van der Waals surface area contributed by atoms with Crippen LogP contribution < -0.4 is 0 Å². The van der Waals surface area contributed by atoms with E-state index in [2.05, 4.69) is 114 Å². The number of aromatic nitrogens is 3. The van der Waals surface area contributed by atoms with Crippen molar-refractivity contribution in [3.05, 3.63) is 140 Å². The topological polar surface area (TPSA) is 51.8 Å². The second-order valence-electron chi connectivity index (χ2n) is 11.6. The summed E-state index contributed by atoms with van der Waals surface area (Å²) in [7, 11) is 0. The lowest BCUT2D eigenvalue weighted by Crippen LogP contribution is -1.93. The molecule has 0 saturated heterocycles. The van der Waals surface area contributed by atoms with Gasteiger partial charge in [0, 0.05) is 49.6 Å². The summed E-state index contributed by atoms with van der Waals surface area (Å²) in [4.78, 5) is 15.2. The van der Waals surface area contributed by atoms with Crippen molar-refractivity contribution in [2.24, 2.45) is 0 Å². The predicted molar refractivity (Wildman–Crippen MR) is 186 cm³/mol.